The van der Waals surface area contributed by atoms with Gasteiger partial charge in [-0.3, -0.25) is 4.79 Å². The fraction of sp³-hybridized carbons (Fsp3) is 0.350. The Kier molecular flexibility index (Phi) is 5.59. The minimum absolute atomic E-state index is 0.0547. The van der Waals surface area contributed by atoms with Crippen molar-refractivity contribution in [1.82, 2.24) is 0 Å². The van der Waals surface area contributed by atoms with Crippen molar-refractivity contribution >= 4 is 12.9 Å². The van der Waals surface area contributed by atoms with E-state index >= 15 is 0 Å². The summed E-state index contributed by atoms with van der Waals surface area (Å²) in [6.07, 6.45) is 1.49. The average Bonchev–Trinajstić information content (AvgIpc) is 2.62. The fourth-order valence-corrected chi connectivity index (χ4v) is 6.13. The van der Waals surface area contributed by atoms with E-state index < -0.39 is 12.3 Å². The molecule has 0 amide bonds. The van der Waals surface area contributed by atoms with Gasteiger partial charge in [0.1, 0.15) is 0 Å². The van der Waals surface area contributed by atoms with Crippen LogP contribution in [0.15, 0.2) is 60.7 Å². The molecule has 2 rings (SSSR count). The summed E-state index contributed by atoms with van der Waals surface area (Å²) in [5.74, 6) is 0.0547. The van der Waals surface area contributed by atoms with Crippen molar-refractivity contribution in [3.8, 4) is 0 Å². The molecule has 2 aromatic carbocycles. The molecule has 0 aromatic heterocycles. The van der Waals surface area contributed by atoms with E-state index in [0.717, 1.165) is 5.56 Å². The van der Waals surface area contributed by atoms with Crippen molar-refractivity contribution < 1.29 is 9.36 Å². The third-order valence-corrected chi connectivity index (χ3v) is 9.18. The van der Waals surface area contributed by atoms with Crippen LogP contribution in [0.2, 0.25) is 0 Å². The second kappa shape index (κ2) is 7.27. The van der Waals surface area contributed by atoms with E-state index in [9.17, 15) is 9.36 Å². The van der Waals surface area contributed by atoms with Gasteiger partial charge in [0.25, 0.3) is 0 Å². The van der Waals surface area contributed by atoms with Crippen molar-refractivity contribution in [3.05, 3.63) is 71.8 Å². The quantitative estimate of drug-likeness (QED) is 0.491. The van der Waals surface area contributed by atoms with Gasteiger partial charge < -0.3 is 4.57 Å². The summed E-state index contributed by atoms with van der Waals surface area (Å²) in [5.41, 5.74) is 1.68. The molecule has 0 saturated heterocycles. The molecule has 0 unspecified atom stereocenters. The first-order valence-corrected chi connectivity index (χ1v) is 10.3. The van der Waals surface area contributed by atoms with Crippen LogP contribution >= 0.6 is 7.14 Å². The van der Waals surface area contributed by atoms with Gasteiger partial charge in [-0.05, 0) is 24.8 Å². The topological polar surface area (TPSA) is 34.1 Å². The maximum atomic E-state index is 13.6. The summed E-state index contributed by atoms with van der Waals surface area (Å²) in [5, 5.41) is -0.620. The predicted octanol–water partition coefficient (Wildman–Crippen LogP) is 5.58. The molecule has 23 heavy (non-hydrogen) atoms. The van der Waals surface area contributed by atoms with E-state index in [4.69, 9.17) is 0 Å². The minimum atomic E-state index is -2.52. The van der Waals surface area contributed by atoms with E-state index in [1.54, 1.807) is 0 Å². The lowest BCUT2D eigenvalue weighted by molar-refractivity contribution is 0.0968. The molecule has 0 N–H and O–H groups in total. The molecule has 1 atom stereocenters. The van der Waals surface area contributed by atoms with Crippen LogP contribution in [-0.4, -0.2) is 18.1 Å². The van der Waals surface area contributed by atoms with E-state index in [-0.39, 0.29) is 12.2 Å². The van der Waals surface area contributed by atoms with Gasteiger partial charge in [0.2, 0.25) is 0 Å². The van der Waals surface area contributed by atoms with Gasteiger partial charge in [-0.25, -0.2) is 0 Å². The molecule has 0 aliphatic heterocycles. The number of hydrogen-bond donors (Lipinski definition) is 0. The Bertz CT molecular complexity index is 686. The zero-order valence-electron chi connectivity index (χ0n) is 14.2. The SMILES string of the molecule is CCP(=O)(CC)[C@@](C)(CC(=O)c1ccccc1)c1ccccc1. The van der Waals surface area contributed by atoms with Crippen molar-refractivity contribution in [2.45, 2.75) is 32.3 Å². The molecular formula is C20H25O2P. The number of benzene rings is 2. The van der Waals surface area contributed by atoms with Crippen LogP contribution < -0.4 is 0 Å². The first-order valence-electron chi connectivity index (χ1n) is 8.19. The van der Waals surface area contributed by atoms with Crippen LogP contribution in [0.5, 0.6) is 0 Å². The number of rotatable bonds is 7. The lowest BCUT2D eigenvalue weighted by Gasteiger charge is -2.37. The van der Waals surface area contributed by atoms with Crippen molar-refractivity contribution in [2.75, 3.05) is 12.3 Å². The highest BCUT2D eigenvalue weighted by Crippen LogP contribution is 2.64. The number of hydrogen-bond acceptors (Lipinski definition) is 2. The predicted molar refractivity (Wildman–Crippen MR) is 97.9 cm³/mol. The van der Waals surface area contributed by atoms with Crippen molar-refractivity contribution in [3.63, 3.8) is 0 Å². The Morgan fingerprint density at radius 2 is 1.39 bits per heavy atom. The number of carbonyl (C=O) groups is 1. The third-order valence-electron chi connectivity index (χ3n) is 4.92. The second-order valence-corrected chi connectivity index (χ2v) is 10.2. The highest BCUT2D eigenvalue weighted by atomic mass is 31.2. The van der Waals surface area contributed by atoms with Gasteiger partial charge in [0.05, 0.1) is 12.3 Å². The first kappa shape index (κ1) is 17.7. The smallest absolute Gasteiger partial charge is 0.164 e. The zero-order valence-corrected chi connectivity index (χ0v) is 15.1. The Hall–Kier alpha value is -1.66. The van der Waals surface area contributed by atoms with Crippen LogP contribution in [0.1, 0.15) is 43.1 Å². The molecule has 2 aromatic rings. The zero-order chi connectivity index (χ0) is 16.9. The van der Waals surface area contributed by atoms with E-state index in [1.807, 2.05) is 81.4 Å². The lowest BCUT2D eigenvalue weighted by Crippen LogP contribution is -2.28. The van der Waals surface area contributed by atoms with Crippen LogP contribution in [0, 0.1) is 0 Å². The summed E-state index contributed by atoms with van der Waals surface area (Å²) < 4.78 is 13.6. The highest BCUT2D eigenvalue weighted by Gasteiger charge is 2.44. The normalized spacial score (nSPS) is 14.2. The number of carbonyl (C=O) groups excluding carboxylic acids is 1. The highest BCUT2D eigenvalue weighted by molar-refractivity contribution is 7.65. The Labute approximate surface area is 139 Å². The van der Waals surface area contributed by atoms with Gasteiger partial charge in [0, 0.05) is 12.0 Å². The molecule has 3 heteroatoms. The summed E-state index contributed by atoms with van der Waals surface area (Å²) in [4.78, 5) is 12.8. The average molecular weight is 328 g/mol. The standard InChI is InChI=1S/C20H25O2P/c1-4-23(22,5-2)20(3,18-14-10-7-11-15-18)16-19(21)17-12-8-6-9-13-17/h6-15H,4-5,16H2,1-3H3/t20-/m0/s1. The maximum Gasteiger partial charge on any atom is 0.164 e. The van der Waals surface area contributed by atoms with Crippen LogP contribution in [-0.2, 0) is 9.72 Å². The van der Waals surface area contributed by atoms with Crippen LogP contribution in [0.3, 0.4) is 0 Å². The monoisotopic (exact) mass is 328 g/mol. The molecule has 122 valence electrons. The van der Waals surface area contributed by atoms with E-state index in [0.29, 0.717) is 17.9 Å². The van der Waals surface area contributed by atoms with Crippen molar-refractivity contribution in [1.29, 1.82) is 0 Å². The molecule has 0 fully saturated rings. The number of ketones is 1. The summed E-state index contributed by atoms with van der Waals surface area (Å²) in [6, 6.07) is 19.1. The van der Waals surface area contributed by atoms with Gasteiger partial charge in [0.15, 0.2) is 5.78 Å². The van der Waals surface area contributed by atoms with Crippen molar-refractivity contribution in [2.24, 2.45) is 0 Å². The van der Waals surface area contributed by atoms with Crippen LogP contribution in [0.4, 0.5) is 0 Å². The molecule has 0 bridgehead atoms. The molecule has 0 heterocycles. The van der Waals surface area contributed by atoms with Gasteiger partial charge in [-0.15, -0.1) is 0 Å². The first-order chi connectivity index (χ1) is 11.0. The molecule has 0 spiro atoms. The van der Waals surface area contributed by atoms with Crippen LogP contribution in [0.25, 0.3) is 0 Å². The maximum absolute atomic E-state index is 13.6. The van der Waals surface area contributed by atoms with Gasteiger partial charge >= 0.3 is 0 Å². The molecular weight excluding hydrogens is 303 g/mol. The van der Waals surface area contributed by atoms with Gasteiger partial charge in [-0.1, -0.05) is 74.5 Å². The molecule has 0 saturated carbocycles. The Morgan fingerprint density at radius 1 is 0.913 bits per heavy atom. The van der Waals surface area contributed by atoms with Gasteiger partial charge in [-0.2, -0.15) is 0 Å². The third kappa shape index (κ3) is 3.48. The summed E-state index contributed by atoms with van der Waals surface area (Å²) >= 11 is 0. The summed E-state index contributed by atoms with van der Waals surface area (Å²) in [7, 11) is -2.52. The minimum Gasteiger partial charge on any atom is -0.323 e. The number of Topliss-reactive ketones (excluding diaryl/α,β-unsaturated/α-hetero) is 1. The van der Waals surface area contributed by atoms with E-state index in [1.165, 1.54) is 0 Å². The second-order valence-electron chi connectivity index (χ2n) is 6.13. The largest absolute Gasteiger partial charge is 0.323 e. The molecule has 0 aliphatic rings. The lowest BCUT2D eigenvalue weighted by atomic mass is 9.92. The fourth-order valence-electron chi connectivity index (χ4n) is 3.24. The molecule has 0 radical (unpaired) electrons. The molecule has 0 aliphatic carbocycles. The summed E-state index contributed by atoms with van der Waals surface area (Å²) in [6.45, 7) is 5.94. The molecule has 2 nitrogen and oxygen atoms in total. The van der Waals surface area contributed by atoms with E-state index in [2.05, 4.69) is 0 Å². The Balaban J connectivity index is 2.47. The Morgan fingerprint density at radius 3 is 1.87 bits per heavy atom.